The fraction of sp³-hybridized carbons (Fsp3) is 0.625. The average Bonchev–Trinajstić information content (AvgIpc) is 2.30. The number of ketones is 1. The van der Waals surface area contributed by atoms with Crippen molar-refractivity contribution < 1.29 is 14.3 Å². The van der Waals surface area contributed by atoms with Gasteiger partial charge in [0, 0.05) is 24.1 Å². The Balaban J connectivity index is 4.54. The van der Waals surface area contributed by atoms with Crippen LogP contribution in [0.1, 0.15) is 47.5 Å². The van der Waals surface area contributed by atoms with Gasteiger partial charge in [-0.3, -0.25) is 4.79 Å². The molecule has 0 saturated heterocycles. The Morgan fingerprint density at radius 2 is 1.70 bits per heavy atom. The Bertz CT molecular complexity index is 391. The summed E-state index contributed by atoms with van der Waals surface area (Å²) in [4.78, 5) is 23.2. The van der Waals surface area contributed by atoms with Gasteiger partial charge in [0.1, 0.15) is 6.10 Å². The lowest BCUT2D eigenvalue weighted by atomic mass is 10.0. The summed E-state index contributed by atoms with van der Waals surface area (Å²) in [5.74, 6) is -0.425. The van der Waals surface area contributed by atoms with Crippen LogP contribution >= 0.6 is 0 Å². The third-order valence-corrected chi connectivity index (χ3v) is 2.65. The second-order valence-corrected chi connectivity index (χ2v) is 6.18. The lowest BCUT2D eigenvalue weighted by Gasteiger charge is -2.25. The molecule has 4 nitrogen and oxygen atoms in total. The predicted octanol–water partition coefficient (Wildman–Crippen LogP) is 2.79. The molecule has 0 aromatic heterocycles. The van der Waals surface area contributed by atoms with Gasteiger partial charge in [0.25, 0.3) is 0 Å². The Hall–Kier alpha value is -1.42. The summed E-state index contributed by atoms with van der Waals surface area (Å²) in [7, 11) is 0. The van der Waals surface area contributed by atoms with Gasteiger partial charge >= 0.3 is 5.97 Å². The minimum absolute atomic E-state index is 0.00265. The van der Waals surface area contributed by atoms with Crippen LogP contribution in [0.3, 0.4) is 0 Å². The molecule has 1 N–H and O–H groups in total. The van der Waals surface area contributed by atoms with Crippen LogP contribution < -0.4 is 5.32 Å². The van der Waals surface area contributed by atoms with Crippen LogP contribution in [-0.2, 0) is 14.3 Å². The summed E-state index contributed by atoms with van der Waals surface area (Å²) in [6.45, 7) is 17.1. The number of nitrogens with one attached hydrogen (secondary N) is 1. The summed E-state index contributed by atoms with van der Waals surface area (Å²) in [6.07, 6.45) is 0.463. The first-order chi connectivity index (χ1) is 9.03. The molecule has 20 heavy (non-hydrogen) atoms. The van der Waals surface area contributed by atoms with E-state index in [1.165, 1.54) is 0 Å². The molecule has 0 rings (SSSR count). The lowest BCUT2D eigenvalue weighted by molar-refractivity contribution is -0.145. The summed E-state index contributed by atoms with van der Waals surface area (Å²) in [5.41, 5.74) is 0.808. The van der Waals surface area contributed by atoms with Crippen LogP contribution in [0.2, 0.25) is 0 Å². The number of hydrogen-bond acceptors (Lipinski definition) is 4. The van der Waals surface area contributed by atoms with E-state index in [1.807, 2.05) is 20.8 Å². The number of rotatable bonds is 8. The number of ether oxygens (including phenoxy) is 1. The van der Waals surface area contributed by atoms with Crippen LogP contribution in [0.25, 0.3) is 0 Å². The quantitative estimate of drug-likeness (QED) is 0.549. The average molecular weight is 281 g/mol. The molecular formula is C16H27NO3. The lowest BCUT2D eigenvalue weighted by Crippen LogP contribution is -2.42. The number of esters is 1. The van der Waals surface area contributed by atoms with Crippen LogP contribution in [0.15, 0.2) is 24.3 Å². The topological polar surface area (TPSA) is 55.4 Å². The minimum atomic E-state index is -0.423. The summed E-state index contributed by atoms with van der Waals surface area (Å²) in [6, 6.07) is 0. The van der Waals surface area contributed by atoms with Gasteiger partial charge in [-0.25, -0.2) is 4.79 Å². The molecule has 0 aromatic rings. The van der Waals surface area contributed by atoms with E-state index in [0.29, 0.717) is 30.5 Å². The molecule has 0 amide bonds. The molecule has 1 unspecified atom stereocenters. The maximum Gasteiger partial charge on any atom is 0.333 e. The molecule has 0 bridgehead atoms. The number of hydrogen-bond donors (Lipinski definition) is 1. The molecule has 0 aromatic carbocycles. The van der Waals surface area contributed by atoms with Crippen molar-refractivity contribution in [2.24, 2.45) is 0 Å². The largest absolute Gasteiger partial charge is 0.458 e. The zero-order valence-electron chi connectivity index (χ0n) is 13.3. The van der Waals surface area contributed by atoms with E-state index in [2.05, 4.69) is 18.5 Å². The number of allylic oxidation sites excluding steroid dienone is 1. The van der Waals surface area contributed by atoms with Crippen molar-refractivity contribution in [1.29, 1.82) is 0 Å². The van der Waals surface area contributed by atoms with E-state index < -0.39 is 5.97 Å². The normalized spacial score (nSPS) is 12.7. The van der Waals surface area contributed by atoms with Gasteiger partial charge in [0.15, 0.2) is 5.78 Å². The maximum absolute atomic E-state index is 11.6. The Morgan fingerprint density at radius 1 is 1.15 bits per heavy atom. The highest BCUT2D eigenvalue weighted by Gasteiger charge is 2.19. The van der Waals surface area contributed by atoms with Crippen LogP contribution in [0, 0.1) is 0 Å². The van der Waals surface area contributed by atoms with Gasteiger partial charge in [-0.1, -0.05) is 13.2 Å². The van der Waals surface area contributed by atoms with Crippen LogP contribution in [0.5, 0.6) is 0 Å². The van der Waals surface area contributed by atoms with Crippen molar-refractivity contribution in [2.45, 2.75) is 59.1 Å². The number of carbonyl (C=O) groups excluding carboxylic acids is 2. The highest BCUT2D eigenvalue weighted by molar-refractivity contribution is 5.94. The zero-order chi connectivity index (χ0) is 15.9. The van der Waals surface area contributed by atoms with E-state index in [0.717, 1.165) is 0 Å². The molecule has 0 saturated carbocycles. The van der Waals surface area contributed by atoms with E-state index >= 15 is 0 Å². The molecule has 114 valence electrons. The number of carbonyl (C=O) groups is 2. The SMILES string of the molecule is C=C(C)C(=O)CCC(CNC(C)(C)C)OC(=O)C(=C)C. The zero-order valence-corrected chi connectivity index (χ0v) is 13.3. The first-order valence-corrected chi connectivity index (χ1v) is 6.83. The Morgan fingerprint density at radius 3 is 2.10 bits per heavy atom. The van der Waals surface area contributed by atoms with Crippen LogP contribution in [0.4, 0.5) is 0 Å². The van der Waals surface area contributed by atoms with Crippen molar-refractivity contribution in [3.05, 3.63) is 24.3 Å². The van der Waals surface area contributed by atoms with E-state index in [-0.39, 0.29) is 17.4 Å². The molecule has 0 aliphatic carbocycles. The van der Waals surface area contributed by atoms with Crippen molar-refractivity contribution in [2.75, 3.05) is 6.54 Å². The molecule has 0 fully saturated rings. The molecule has 0 spiro atoms. The summed E-state index contributed by atoms with van der Waals surface area (Å²) < 4.78 is 5.35. The highest BCUT2D eigenvalue weighted by atomic mass is 16.5. The summed E-state index contributed by atoms with van der Waals surface area (Å²) in [5, 5.41) is 3.28. The second kappa shape index (κ2) is 8.00. The molecule has 0 heterocycles. The van der Waals surface area contributed by atoms with Gasteiger partial charge in [-0.15, -0.1) is 0 Å². The first kappa shape index (κ1) is 18.6. The maximum atomic E-state index is 11.6. The minimum Gasteiger partial charge on any atom is -0.458 e. The van der Waals surface area contributed by atoms with Crippen LogP contribution in [-0.4, -0.2) is 29.9 Å². The van der Waals surface area contributed by atoms with Gasteiger partial charge in [-0.2, -0.15) is 0 Å². The molecule has 0 aliphatic heterocycles. The van der Waals surface area contributed by atoms with Gasteiger partial charge in [-0.05, 0) is 46.6 Å². The fourth-order valence-corrected chi connectivity index (χ4v) is 1.38. The predicted molar refractivity (Wildman–Crippen MR) is 81.5 cm³/mol. The monoisotopic (exact) mass is 281 g/mol. The van der Waals surface area contributed by atoms with E-state index in [9.17, 15) is 9.59 Å². The molecule has 0 aliphatic rings. The smallest absolute Gasteiger partial charge is 0.333 e. The van der Waals surface area contributed by atoms with Gasteiger partial charge in [0.2, 0.25) is 0 Å². The third kappa shape index (κ3) is 8.64. The van der Waals surface area contributed by atoms with Crippen molar-refractivity contribution in [3.8, 4) is 0 Å². The first-order valence-electron chi connectivity index (χ1n) is 6.83. The Labute approximate surface area is 122 Å². The highest BCUT2D eigenvalue weighted by Crippen LogP contribution is 2.10. The van der Waals surface area contributed by atoms with Crippen molar-refractivity contribution >= 4 is 11.8 Å². The second-order valence-electron chi connectivity index (χ2n) is 6.18. The third-order valence-electron chi connectivity index (χ3n) is 2.65. The number of Topliss-reactive ketones (excluding diaryl/α,β-unsaturated/α-hetero) is 1. The van der Waals surface area contributed by atoms with E-state index in [1.54, 1.807) is 13.8 Å². The Kier molecular flexibility index (Phi) is 7.43. The molecule has 0 radical (unpaired) electrons. The van der Waals surface area contributed by atoms with Gasteiger partial charge < -0.3 is 10.1 Å². The molecule has 1 atom stereocenters. The van der Waals surface area contributed by atoms with E-state index in [4.69, 9.17) is 4.74 Å². The molecular weight excluding hydrogens is 254 g/mol. The van der Waals surface area contributed by atoms with Gasteiger partial charge in [0.05, 0.1) is 0 Å². The standard InChI is InChI=1S/C16H27NO3/c1-11(2)14(18)9-8-13(10-17-16(5,6)7)20-15(19)12(3)4/h13,17H,1,3,8-10H2,2,4-7H3. The fourth-order valence-electron chi connectivity index (χ4n) is 1.38. The van der Waals surface area contributed by atoms with Crippen molar-refractivity contribution in [3.63, 3.8) is 0 Å². The summed E-state index contributed by atoms with van der Waals surface area (Å²) >= 11 is 0. The molecule has 4 heteroatoms. The van der Waals surface area contributed by atoms with Crippen molar-refractivity contribution in [1.82, 2.24) is 5.32 Å².